The van der Waals surface area contributed by atoms with E-state index in [0.29, 0.717) is 31.5 Å². The molecule has 11 heteroatoms. The van der Waals surface area contributed by atoms with E-state index in [2.05, 4.69) is 39.9 Å². The highest BCUT2D eigenvalue weighted by Gasteiger charge is 2.37. The first-order chi connectivity index (χ1) is 21.5. The normalized spacial score (nSPS) is 18.1. The zero-order chi connectivity index (χ0) is 32.4. The highest BCUT2D eigenvalue weighted by molar-refractivity contribution is 5.91. The third-order valence-corrected chi connectivity index (χ3v) is 7.85. The average molecular weight is 621 g/mol. The molecule has 6 N–H and O–H groups in total. The molecule has 0 radical (unpaired) electrons. The number of carbonyl (C=O) groups is 2. The maximum Gasteiger partial charge on any atom is 0.416 e. The summed E-state index contributed by atoms with van der Waals surface area (Å²) in [6, 6.07) is 23.1. The van der Waals surface area contributed by atoms with Crippen LogP contribution in [0.4, 0.5) is 13.2 Å². The summed E-state index contributed by atoms with van der Waals surface area (Å²) in [5.74, 6) is -0.714. The van der Waals surface area contributed by atoms with Gasteiger partial charge in [-0.05, 0) is 47.7 Å². The van der Waals surface area contributed by atoms with E-state index in [9.17, 15) is 22.8 Å². The molecule has 1 aliphatic rings. The molecule has 238 valence electrons. The number of guanidine groups is 1. The highest BCUT2D eigenvalue weighted by Crippen LogP contribution is 2.29. The number of nitrogens with one attached hydrogen (secondary N) is 2. The monoisotopic (exact) mass is 620 g/mol. The summed E-state index contributed by atoms with van der Waals surface area (Å²) >= 11 is 0. The first-order valence-corrected chi connectivity index (χ1v) is 14.9. The molecule has 4 rings (SSSR count). The maximum absolute atomic E-state index is 14.1. The molecule has 3 aromatic carbocycles. The van der Waals surface area contributed by atoms with Crippen LogP contribution in [-0.2, 0) is 15.8 Å². The highest BCUT2D eigenvalue weighted by atomic mass is 19.4. The van der Waals surface area contributed by atoms with Crippen LogP contribution in [0.2, 0.25) is 0 Å². The van der Waals surface area contributed by atoms with Gasteiger partial charge < -0.3 is 21.7 Å². The molecule has 1 aliphatic heterocycles. The van der Waals surface area contributed by atoms with Crippen LogP contribution in [0, 0.1) is 0 Å². The second-order valence-electron chi connectivity index (χ2n) is 11.0. The zero-order valence-corrected chi connectivity index (χ0v) is 25.1. The molecule has 8 nitrogen and oxygen atoms in total. The van der Waals surface area contributed by atoms with Gasteiger partial charge in [0.25, 0.3) is 0 Å². The van der Waals surface area contributed by atoms with Crippen molar-refractivity contribution in [2.75, 3.05) is 19.6 Å². The number of hydrogen-bond acceptors (Lipinski definition) is 4. The van der Waals surface area contributed by atoms with Gasteiger partial charge in [0, 0.05) is 37.7 Å². The van der Waals surface area contributed by atoms with E-state index >= 15 is 0 Å². The second-order valence-corrected chi connectivity index (χ2v) is 11.0. The summed E-state index contributed by atoms with van der Waals surface area (Å²) in [7, 11) is 0. The minimum absolute atomic E-state index is 0.0632. The van der Waals surface area contributed by atoms with Crippen molar-refractivity contribution < 1.29 is 22.8 Å². The number of halogens is 3. The molecule has 45 heavy (non-hydrogen) atoms. The van der Waals surface area contributed by atoms with Gasteiger partial charge in [0.2, 0.25) is 11.8 Å². The Hall–Kier alpha value is -4.64. The molecule has 0 aliphatic carbocycles. The van der Waals surface area contributed by atoms with Gasteiger partial charge in [-0.1, -0.05) is 79.7 Å². The fourth-order valence-electron chi connectivity index (χ4n) is 5.47. The van der Waals surface area contributed by atoms with Gasteiger partial charge in [0.1, 0.15) is 6.04 Å². The Morgan fingerprint density at radius 3 is 2.16 bits per heavy atom. The predicted octanol–water partition coefficient (Wildman–Crippen LogP) is 4.28. The zero-order valence-electron chi connectivity index (χ0n) is 25.1. The molecule has 1 heterocycles. The molecular weight excluding hydrogens is 581 g/mol. The largest absolute Gasteiger partial charge is 0.416 e. The van der Waals surface area contributed by atoms with Crippen LogP contribution in [0.15, 0.2) is 96.0 Å². The van der Waals surface area contributed by atoms with E-state index in [0.717, 1.165) is 23.3 Å². The molecule has 3 atom stereocenters. The van der Waals surface area contributed by atoms with E-state index in [-0.39, 0.29) is 30.4 Å². The summed E-state index contributed by atoms with van der Waals surface area (Å²) in [6.07, 6.45) is -0.650. The molecule has 1 fully saturated rings. The van der Waals surface area contributed by atoms with Crippen molar-refractivity contribution in [1.29, 1.82) is 0 Å². The smallest absolute Gasteiger partial charge is 0.370 e. The summed E-state index contributed by atoms with van der Waals surface area (Å²) in [5.41, 5.74) is 13.3. The van der Waals surface area contributed by atoms with Crippen LogP contribution < -0.4 is 22.1 Å². The molecule has 2 amide bonds. The van der Waals surface area contributed by atoms with E-state index in [1.807, 2.05) is 48.2 Å². The van der Waals surface area contributed by atoms with Crippen LogP contribution in [-0.4, -0.2) is 60.4 Å². The van der Waals surface area contributed by atoms with Crippen molar-refractivity contribution >= 4 is 23.8 Å². The van der Waals surface area contributed by atoms with E-state index < -0.39 is 29.7 Å². The number of nitrogens with zero attached hydrogens (tertiary/aromatic N) is 2. The SMILES string of the molecule is CCC(N=C(N)N)[C@@H]1N[C@H](CNC(=O)/C=C/c2ccc(C(F)(F)F)cc2)CCN(CC(c2ccccc2)c2ccccc2)C1=O. The lowest BCUT2D eigenvalue weighted by Crippen LogP contribution is -2.54. The standard InChI is InChI=1S/C34H39F3N6O2/c1-2-29(42-33(38)39)31-32(45)43(22-28(24-9-5-3-6-10-24)25-11-7-4-8-12-25)20-19-27(41-31)21-40-30(44)18-15-23-13-16-26(17-14-23)34(35,36)37/h3-18,27-29,31,41H,2,19-22H2,1H3,(H,40,44)(H4,38,39,42)/b18-15+/t27-,29?,31-/m0/s1. The minimum Gasteiger partial charge on any atom is -0.370 e. The van der Waals surface area contributed by atoms with Crippen LogP contribution in [0.25, 0.3) is 6.08 Å². The summed E-state index contributed by atoms with van der Waals surface area (Å²) < 4.78 is 38.5. The van der Waals surface area contributed by atoms with Crippen molar-refractivity contribution in [2.24, 2.45) is 16.5 Å². The van der Waals surface area contributed by atoms with Gasteiger partial charge in [-0.15, -0.1) is 0 Å². The lowest BCUT2D eigenvalue weighted by molar-refractivity contribution is -0.137. The van der Waals surface area contributed by atoms with Crippen molar-refractivity contribution in [3.05, 3.63) is 113 Å². The number of alkyl halides is 3. The Kier molecular flexibility index (Phi) is 11.4. The van der Waals surface area contributed by atoms with Crippen molar-refractivity contribution in [1.82, 2.24) is 15.5 Å². The minimum atomic E-state index is -4.43. The first-order valence-electron chi connectivity index (χ1n) is 14.9. The van der Waals surface area contributed by atoms with Gasteiger partial charge in [0.15, 0.2) is 5.96 Å². The van der Waals surface area contributed by atoms with Gasteiger partial charge >= 0.3 is 6.18 Å². The Labute approximate surface area is 261 Å². The number of nitrogens with two attached hydrogens (primary N) is 2. The Bertz CT molecular complexity index is 1420. The summed E-state index contributed by atoms with van der Waals surface area (Å²) in [5, 5.41) is 6.24. The van der Waals surface area contributed by atoms with Crippen LogP contribution in [0.5, 0.6) is 0 Å². The lowest BCUT2D eigenvalue weighted by Gasteiger charge is -2.31. The van der Waals surface area contributed by atoms with Crippen molar-refractivity contribution in [3.8, 4) is 0 Å². The molecule has 0 aromatic heterocycles. The average Bonchev–Trinajstić information content (AvgIpc) is 3.19. The molecule has 3 aromatic rings. The molecule has 1 unspecified atom stereocenters. The fourth-order valence-corrected chi connectivity index (χ4v) is 5.47. The van der Waals surface area contributed by atoms with Crippen molar-refractivity contribution in [3.63, 3.8) is 0 Å². The third-order valence-electron chi connectivity index (χ3n) is 7.85. The van der Waals surface area contributed by atoms with Crippen molar-refractivity contribution in [2.45, 2.75) is 50.0 Å². The fraction of sp³-hybridized carbons (Fsp3) is 0.324. The second kappa shape index (κ2) is 15.4. The molecule has 0 saturated carbocycles. The van der Waals surface area contributed by atoms with Crippen LogP contribution in [0.3, 0.4) is 0 Å². The van der Waals surface area contributed by atoms with Gasteiger partial charge in [-0.3, -0.25) is 14.9 Å². The Balaban J connectivity index is 1.50. The van der Waals surface area contributed by atoms with E-state index in [4.69, 9.17) is 11.5 Å². The number of aliphatic imine (C=N–C) groups is 1. The number of rotatable bonds is 11. The molecule has 1 saturated heterocycles. The lowest BCUT2D eigenvalue weighted by atomic mass is 9.90. The number of hydrogen-bond donors (Lipinski definition) is 4. The Morgan fingerprint density at radius 1 is 1.02 bits per heavy atom. The van der Waals surface area contributed by atoms with Gasteiger partial charge in [0.05, 0.1) is 11.6 Å². The first kappa shape index (κ1) is 33.3. The molecular formula is C34H39F3N6O2. The van der Waals surface area contributed by atoms with E-state index in [1.54, 1.807) is 0 Å². The molecule has 0 spiro atoms. The molecule has 0 bridgehead atoms. The topological polar surface area (TPSA) is 126 Å². The van der Waals surface area contributed by atoms with Crippen LogP contribution >= 0.6 is 0 Å². The van der Waals surface area contributed by atoms with E-state index in [1.165, 1.54) is 24.3 Å². The maximum atomic E-state index is 14.1. The quantitative estimate of drug-likeness (QED) is 0.145. The Morgan fingerprint density at radius 2 is 1.62 bits per heavy atom. The number of benzene rings is 3. The summed E-state index contributed by atoms with van der Waals surface area (Å²) in [4.78, 5) is 32.9. The predicted molar refractivity (Wildman–Crippen MR) is 170 cm³/mol. The number of carbonyl (C=O) groups excluding carboxylic acids is 2. The van der Waals surface area contributed by atoms with Gasteiger partial charge in [-0.25, -0.2) is 4.99 Å². The third kappa shape index (κ3) is 9.42. The van der Waals surface area contributed by atoms with Crippen LogP contribution in [0.1, 0.15) is 47.9 Å². The van der Waals surface area contributed by atoms with Gasteiger partial charge in [-0.2, -0.15) is 13.2 Å². The summed E-state index contributed by atoms with van der Waals surface area (Å²) in [6.45, 7) is 3.00. The number of amides is 2.